The molecular weight excluding hydrogens is 496 g/mol. The topological polar surface area (TPSA) is 101 Å². The van der Waals surface area contributed by atoms with Crippen molar-refractivity contribution in [3.8, 4) is 11.6 Å². The Labute approximate surface area is 201 Å². The summed E-state index contributed by atoms with van der Waals surface area (Å²) in [6.45, 7) is 0. The maximum Gasteiger partial charge on any atom is 0.279 e. The van der Waals surface area contributed by atoms with Crippen molar-refractivity contribution in [2.24, 2.45) is 9.98 Å². The predicted molar refractivity (Wildman–Crippen MR) is 125 cm³/mol. The standard InChI is InChI=1S/C24H15F2N3O4S2/c1-35(32,33)17-9-5-15(6-10-17)27-24-29(16-7-2-13(25)3-8-16)23(31)21(34-24)20-18-12-14(26)4-11-19(18)28-22(20)30/h2-12,31H,1H3. The highest BCUT2D eigenvalue weighted by atomic mass is 32.2. The van der Waals surface area contributed by atoms with E-state index in [1.807, 2.05) is 0 Å². The maximum atomic E-state index is 13.9. The van der Waals surface area contributed by atoms with Gasteiger partial charge in [-0.25, -0.2) is 27.2 Å². The Bertz CT molecular complexity index is 1810. The number of thiazole rings is 1. The van der Waals surface area contributed by atoms with E-state index in [4.69, 9.17) is 0 Å². The van der Waals surface area contributed by atoms with Gasteiger partial charge in [0.25, 0.3) is 5.91 Å². The van der Waals surface area contributed by atoms with E-state index in [0.29, 0.717) is 11.4 Å². The van der Waals surface area contributed by atoms with E-state index in [2.05, 4.69) is 9.98 Å². The summed E-state index contributed by atoms with van der Waals surface area (Å²) in [6.07, 6.45) is 1.09. The van der Waals surface area contributed by atoms with E-state index in [1.165, 1.54) is 71.3 Å². The van der Waals surface area contributed by atoms with E-state index in [-0.39, 0.29) is 36.6 Å². The van der Waals surface area contributed by atoms with Crippen molar-refractivity contribution in [2.45, 2.75) is 4.90 Å². The van der Waals surface area contributed by atoms with Crippen molar-refractivity contribution < 1.29 is 27.1 Å². The number of amides is 1. The molecule has 0 unspecified atom stereocenters. The third kappa shape index (κ3) is 4.19. The summed E-state index contributed by atoms with van der Waals surface area (Å²) in [4.78, 5) is 21.6. The molecule has 0 fully saturated rings. The number of carbonyl (C=O) groups excluding carboxylic acids is 1. The highest BCUT2D eigenvalue weighted by Crippen LogP contribution is 2.31. The van der Waals surface area contributed by atoms with Crippen LogP contribution in [0.25, 0.3) is 11.3 Å². The molecule has 7 nitrogen and oxygen atoms in total. The van der Waals surface area contributed by atoms with Crippen LogP contribution in [0.1, 0.15) is 4.88 Å². The zero-order chi connectivity index (χ0) is 24.9. The molecule has 176 valence electrons. The highest BCUT2D eigenvalue weighted by molar-refractivity contribution is 7.90. The molecule has 0 radical (unpaired) electrons. The zero-order valence-corrected chi connectivity index (χ0v) is 19.6. The fourth-order valence-corrected chi connectivity index (χ4v) is 5.35. The maximum absolute atomic E-state index is 13.9. The summed E-state index contributed by atoms with van der Waals surface area (Å²) in [5.74, 6) is -2.05. The fraction of sp³-hybridized carbons (Fsp3) is 0.0417. The Morgan fingerprint density at radius 3 is 2.29 bits per heavy atom. The molecule has 11 heteroatoms. The number of benzene rings is 3. The van der Waals surface area contributed by atoms with Crippen molar-refractivity contribution in [1.82, 2.24) is 4.57 Å². The Kier molecular flexibility index (Phi) is 5.45. The normalized spacial score (nSPS) is 13.7. The smallest absolute Gasteiger partial charge is 0.279 e. The number of halogens is 2. The molecule has 4 aromatic rings. The fourth-order valence-electron chi connectivity index (χ4n) is 3.62. The molecule has 1 aliphatic heterocycles. The molecule has 1 amide bonds. The number of aromatic nitrogens is 1. The number of nitrogens with zero attached hydrogens (tertiary/aromatic N) is 3. The summed E-state index contributed by atoms with van der Waals surface area (Å²) >= 11 is 0.954. The molecule has 0 aliphatic carbocycles. The molecule has 1 aromatic heterocycles. The molecule has 0 bridgehead atoms. The molecule has 1 N–H and O–H groups in total. The van der Waals surface area contributed by atoms with Crippen LogP contribution < -0.4 is 15.4 Å². The van der Waals surface area contributed by atoms with E-state index >= 15 is 0 Å². The lowest BCUT2D eigenvalue weighted by Gasteiger charge is -2.06. The van der Waals surface area contributed by atoms with E-state index in [0.717, 1.165) is 17.6 Å². The van der Waals surface area contributed by atoms with Gasteiger partial charge in [0, 0.05) is 11.5 Å². The van der Waals surface area contributed by atoms with Crippen LogP contribution in [0, 0.1) is 11.6 Å². The second-order valence-electron chi connectivity index (χ2n) is 7.68. The lowest BCUT2D eigenvalue weighted by Crippen LogP contribution is -2.23. The van der Waals surface area contributed by atoms with Gasteiger partial charge in [0.1, 0.15) is 16.5 Å². The van der Waals surface area contributed by atoms with Crippen molar-refractivity contribution in [2.75, 3.05) is 6.26 Å². The first-order chi connectivity index (χ1) is 16.6. The van der Waals surface area contributed by atoms with Crippen molar-refractivity contribution in [1.29, 1.82) is 0 Å². The Balaban J connectivity index is 1.78. The molecule has 0 spiro atoms. The SMILES string of the molecule is CS(=O)(=O)c1ccc(N=c2sc(C3=c4cc(F)ccc4=NC3=O)c(O)n2-c2ccc(F)cc2)cc1. The van der Waals surface area contributed by atoms with Crippen LogP contribution in [-0.4, -0.2) is 30.3 Å². The minimum Gasteiger partial charge on any atom is -0.493 e. The molecule has 2 heterocycles. The molecule has 35 heavy (non-hydrogen) atoms. The van der Waals surface area contributed by atoms with Crippen LogP contribution in [0.5, 0.6) is 5.88 Å². The summed E-state index contributed by atoms with van der Waals surface area (Å²) in [5.41, 5.74) is 0.757. The second-order valence-corrected chi connectivity index (χ2v) is 10.7. The number of carbonyl (C=O) groups is 1. The highest BCUT2D eigenvalue weighted by Gasteiger charge is 2.26. The number of hydrogen-bond donors (Lipinski definition) is 1. The van der Waals surface area contributed by atoms with Gasteiger partial charge in [0.2, 0.25) is 5.88 Å². The lowest BCUT2D eigenvalue weighted by molar-refractivity contribution is -0.112. The average molecular weight is 512 g/mol. The molecule has 0 saturated carbocycles. The first-order valence-electron chi connectivity index (χ1n) is 10.1. The summed E-state index contributed by atoms with van der Waals surface area (Å²) in [5, 5.41) is 11.7. The van der Waals surface area contributed by atoms with Crippen LogP contribution in [0.4, 0.5) is 14.5 Å². The summed E-state index contributed by atoms with van der Waals surface area (Å²) < 4.78 is 52.3. The van der Waals surface area contributed by atoms with E-state index < -0.39 is 27.4 Å². The average Bonchev–Trinajstić information content (AvgIpc) is 3.29. The van der Waals surface area contributed by atoms with Crippen LogP contribution in [0.2, 0.25) is 0 Å². The van der Waals surface area contributed by atoms with Crippen LogP contribution in [0.15, 0.2) is 81.6 Å². The Morgan fingerprint density at radius 2 is 1.63 bits per heavy atom. The van der Waals surface area contributed by atoms with E-state index in [9.17, 15) is 27.1 Å². The first-order valence-corrected chi connectivity index (χ1v) is 12.8. The van der Waals surface area contributed by atoms with Gasteiger partial charge < -0.3 is 5.11 Å². The Morgan fingerprint density at radius 1 is 0.971 bits per heavy atom. The monoisotopic (exact) mass is 511 g/mol. The van der Waals surface area contributed by atoms with Crippen LogP contribution in [-0.2, 0) is 14.6 Å². The molecule has 3 aromatic carbocycles. The minimum atomic E-state index is -3.40. The van der Waals surface area contributed by atoms with Crippen LogP contribution >= 0.6 is 11.3 Å². The molecule has 0 atom stereocenters. The van der Waals surface area contributed by atoms with Gasteiger partial charge >= 0.3 is 0 Å². The largest absolute Gasteiger partial charge is 0.493 e. The minimum absolute atomic E-state index is 0.0201. The number of fused-ring (bicyclic) bond motifs is 1. The van der Waals surface area contributed by atoms with Gasteiger partial charge in [0.05, 0.1) is 27.2 Å². The van der Waals surface area contributed by atoms with Crippen molar-refractivity contribution in [3.63, 3.8) is 0 Å². The molecule has 5 rings (SSSR count). The van der Waals surface area contributed by atoms with E-state index in [1.54, 1.807) is 0 Å². The summed E-state index contributed by atoms with van der Waals surface area (Å²) in [6, 6.07) is 14.8. The van der Waals surface area contributed by atoms with Gasteiger partial charge in [0.15, 0.2) is 14.6 Å². The second kappa shape index (κ2) is 8.36. The third-order valence-electron chi connectivity index (χ3n) is 5.26. The number of sulfone groups is 1. The number of aromatic hydroxyl groups is 1. The van der Waals surface area contributed by atoms with Gasteiger partial charge in [-0.15, -0.1) is 0 Å². The molecule has 0 saturated heterocycles. The Hall–Kier alpha value is -3.96. The third-order valence-corrected chi connectivity index (χ3v) is 7.44. The first kappa shape index (κ1) is 22.8. The number of hydrogen-bond acceptors (Lipinski definition) is 6. The molecule has 1 aliphatic rings. The van der Waals surface area contributed by atoms with Gasteiger partial charge in [-0.05, 0) is 66.7 Å². The lowest BCUT2D eigenvalue weighted by atomic mass is 10.1. The van der Waals surface area contributed by atoms with Crippen molar-refractivity contribution in [3.05, 3.63) is 98.6 Å². The quantitative estimate of drug-likeness (QED) is 0.455. The van der Waals surface area contributed by atoms with Gasteiger partial charge in [-0.1, -0.05) is 11.3 Å². The summed E-state index contributed by atoms with van der Waals surface area (Å²) in [7, 11) is -3.40. The zero-order valence-electron chi connectivity index (χ0n) is 17.9. The van der Waals surface area contributed by atoms with Crippen LogP contribution in [0.3, 0.4) is 0 Å². The predicted octanol–water partition coefficient (Wildman–Crippen LogP) is 2.52. The molecular formula is C24H15F2N3O4S2. The van der Waals surface area contributed by atoms with Crippen molar-refractivity contribution >= 4 is 38.3 Å². The number of rotatable bonds is 4. The van der Waals surface area contributed by atoms with Gasteiger partial charge in [-0.3, -0.25) is 9.36 Å². The van der Waals surface area contributed by atoms with Gasteiger partial charge in [-0.2, -0.15) is 0 Å².